The predicted octanol–water partition coefficient (Wildman–Crippen LogP) is 4.04. The molecule has 0 aromatic heterocycles. The standard InChI is InChI=1S/C25H21N3O3/c29-24(27-16-17-31-25(27)30)23-21(18-10-4-1-5-11-18)22(19-12-6-2-7-13-19)26-28(23)20-14-8-3-9-15-20/h1-15,21,23H,16-17H2/t21-,23-/m1/s1. The average Bonchev–Trinajstić information content (AvgIpc) is 3.44. The van der Waals surface area contributed by atoms with Gasteiger partial charge in [-0.15, -0.1) is 0 Å². The second-order valence-electron chi connectivity index (χ2n) is 7.47. The van der Waals surface area contributed by atoms with Gasteiger partial charge >= 0.3 is 6.09 Å². The maximum Gasteiger partial charge on any atom is 0.416 e. The van der Waals surface area contributed by atoms with Crippen LogP contribution in [0.25, 0.3) is 0 Å². The molecule has 0 unspecified atom stereocenters. The zero-order valence-electron chi connectivity index (χ0n) is 16.8. The van der Waals surface area contributed by atoms with E-state index in [0.29, 0.717) is 0 Å². The molecular formula is C25H21N3O3. The topological polar surface area (TPSA) is 62.2 Å². The Balaban J connectivity index is 1.67. The summed E-state index contributed by atoms with van der Waals surface area (Å²) in [5.74, 6) is -0.653. The van der Waals surface area contributed by atoms with E-state index in [1.54, 1.807) is 5.01 Å². The van der Waals surface area contributed by atoms with Gasteiger partial charge in [0.1, 0.15) is 12.6 Å². The first-order valence-corrected chi connectivity index (χ1v) is 10.3. The van der Waals surface area contributed by atoms with Gasteiger partial charge in [0.05, 0.1) is 23.9 Å². The SMILES string of the molecule is O=C1OCCN1C(=O)[C@H]1[C@H](c2ccccc2)C(c2ccccc2)=NN1c1ccccc1. The van der Waals surface area contributed by atoms with E-state index in [9.17, 15) is 9.59 Å². The van der Waals surface area contributed by atoms with Gasteiger partial charge in [-0.2, -0.15) is 5.10 Å². The molecule has 31 heavy (non-hydrogen) atoms. The number of carbonyl (C=O) groups is 2. The number of carbonyl (C=O) groups excluding carboxylic acids is 2. The summed E-state index contributed by atoms with van der Waals surface area (Å²) in [4.78, 5) is 27.1. The fraction of sp³-hybridized carbons (Fsp3) is 0.160. The van der Waals surface area contributed by atoms with E-state index in [4.69, 9.17) is 9.84 Å². The van der Waals surface area contributed by atoms with Gasteiger partial charge in [-0.1, -0.05) is 78.9 Å². The summed E-state index contributed by atoms with van der Waals surface area (Å²) < 4.78 is 5.05. The third kappa shape index (κ3) is 3.46. The average molecular weight is 411 g/mol. The van der Waals surface area contributed by atoms with Crippen molar-refractivity contribution in [2.75, 3.05) is 18.2 Å². The second kappa shape index (κ2) is 8.07. The molecule has 6 heteroatoms. The Morgan fingerprint density at radius 2 is 1.48 bits per heavy atom. The van der Waals surface area contributed by atoms with E-state index in [1.807, 2.05) is 91.0 Å². The Morgan fingerprint density at radius 3 is 2.10 bits per heavy atom. The van der Waals surface area contributed by atoms with Crippen molar-refractivity contribution in [1.29, 1.82) is 0 Å². The number of hydrogen-bond acceptors (Lipinski definition) is 5. The lowest BCUT2D eigenvalue weighted by Crippen LogP contribution is -2.48. The van der Waals surface area contributed by atoms with Crippen LogP contribution in [-0.4, -0.2) is 41.8 Å². The van der Waals surface area contributed by atoms with Gasteiger partial charge in [0.15, 0.2) is 0 Å². The van der Waals surface area contributed by atoms with Crippen LogP contribution < -0.4 is 5.01 Å². The van der Waals surface area contributed by atoms with Crippen LogP contribution in [0.15, 0.2) is 96.1 Å². The van der Waals surface area contributed by atoms with Gasteiger partial charge in [-0.3, -0.25) is 9.80 Å². The molecule has 154 valence electrons. The lowest BCUT2D eigenvalue weighted by atomic mass is 9.84. The lowest BCUT2D eigenvalue weighted by molar-refractivity contribution is -0.129. The highest BCUT2D eigenvalue weighted by Gasteiger charge is 2.47. The molecule has 0 aliphatic carbocycles. The number of anilines is 1. The number of imide groups is 1. The van der Waals surface area contributed by atoms with Crippen molar-refractivity contribution in [1.82, 2.24) is 4.90 Å². The molecule has 3 aromatic rings. The first-order chi connectivity index (χ1) is 15.2. The molecule has 0 saturated carbocycles. The Morgan fingerprint density at radius 1 is 0.871 bits per heavy atom. The quantitative estimate of drug-likeness (QED) is 0.650. The van der Waals surface area contributed by atoms with Crippen LogP contribution in [0.3, 0.4) is 0 Å². The molecule has 1 fully saturated rings. The Labute approximate surface area is 180 Å². The van der Waals surface area contributed by atoms with E-state index in [-0.39, 0.29) is 25.0 Å². The summed E-state index contributed by atoms with van der Waals surface area (Å²) in [7, 11) is 0. The molecule has 2 aliphatic rings. The van der Waals surface area contributed by atoms with Gasteiger partial charge in [0, 0.05) is 0 Å². The Bertz CT molecular complexity index is 1120. The van der Waals surface area contributed by atoms with Gasteiger partial charge < -0.3 is 4.74 Å². The van der Waals surface area contributed by atoms with Gasteiger partial charge in [-0.05, 0) is 23.3 Å². The van der Waals surface area contributed by atoms with Crippen molar-refractivity contribution < 1.29 is 14.3 Å². The van der Waals surface area contributed by atoms with Crippen LogP contribution in [0.2, 0.25) is 0 Å². The highest BCUT2D eigenvalue weighted by atomic mass is 16.6. The van der Waals surface area contributed by atoms with E-state index >= 15 is 0 Å². The van der Waals surface area contributed by atoms with Crippen LogP contribution in [0.1, 0.15) is 17.0 Å². The monoisotopic (exact) mass is 411 g/mol. The Kier molecular flexibility index (Phi) is 4.96. The van der Waals surface area contributed by atoms with Gasteiger partial charge in [0.25, 0.3) is 5.91 Å². The smallest absolute Gasteiger partial charge is 0.416 e. The molecule has 5 rings (SSSR count). The molecule has 2 amide bonds. The van der Waals surface area contributed by atoms with Crippen LogP contribution in [0.5, 0.6) is 0 Å². The zero-order valence-corrected chi connectivity index (χ0v) is 16.8. The molecule has 0 N–H and O–H groups in total. The van der Waals surface area contributed by atoms with Crippen molar-refractivity contribution in [2.24, 2.45) is 5.10 Å². The highest BCUT2D eigenvalue weighted by molar-refractivity contribution is 6.13. The van der Waals surface area contributed by atoms with Crippen LogP contribution in [0.4, 0.5) is 10.5 Å². The number of benzene rings is 3. The maximum atomic E-state index is 13.7. The number of amides is 2. The van der Waals surface area contributed by atoms with Crippen LogP contribution >= 0.6 is 0 Å². The molecule has 2 heterocycles. The third-order valence-electron chi connectivity index (χ3n) is 5.62. The predicted molar refractivity (Wildman–Crippen MR) is 118 cm³/mol. The van der Waals surface area contributed by atoms with Crippen molar-refractivity contribution in [3.63, 3.8) is 0 Å². The summed E-state index contributed by atoms with van der Waals surface area (Å²) in [6, 6.07) is 28.6. The normalized spacial score (nSPS) is 20.5. The van der Waals surface area contributed by atoms with E-state index in [2.05, 4.69) is 0 Å². The van der Waals surface area contributed by atoms with Crippen molar-refractivity contribution in [3.05, 3.63) is 102 Å². The minimum Gasteiger partial charge on any atom is -0.447 e. The summed E-state index contributed by atoms with van der Waals surface area (Å²) in [6.07, 6.45) is -0.599. The first kappa shape index (κ1) is 19.1. The summed E-state index contributed by atoms with van der Waals surface area (Å²) in [5, 5.41) is 6.68. The minimum atomic E-state index is -0.703. The largest absolute Gasteiger partial charge is 0.447 e. The summed E-state index contributed by atoms with van der Waals surface area (Å²) in [6.45, 7) is 0.462. The molecular weight excluding hydrogens is 390 g/mol. The molecule has 0 bridgehead atoms. The number of ether oxygens (including phenoxy) is 1. The molecule has 2 atom stereocenters. The summed E-state index contributed by atoms with van der Waals surface area (Å²) in [5.41, 5.74) is 3.49. The molecule has 2 aliphatic heterocycles. The number of hydrogen-bond donors (Lipinski definition) is 0. The summed E-state index contributed by atoms with van der Waals surface area (Å²) >= 11 is 0. The Hall–Kier alpha value is -3.93. The number of cyclic esters (lactones) is 1. The van der Waals surface area contributed by atoms with Crippen LogP contribution in [-0.2, 0) is 9.53 Å². The maximum absolute atomic E-state index is 13.7. The van der Waals surface area contributed by atoms with Gasteiger partial charge in [-0.25, -0.2) is 9.69 Å². The van der Waals surface area contributed by atoms with E-state index < -0.39 is 12.1 Å². The highest BCUT2D eigenvalue weighted by Crippen LogP contribution is 2.38. The zero-order chi connectivity index (χ0) is 21.2. The second-order valence-corrected chi connectivity index (χ2v) is 7.47. The van der Waals surface area contributed by atoms with Crippen molar-refractivity contribution >= 4 is 23.4 Å². The first-order valence-electron chi connectivity index (χ1n) is 10.3. The number of hydrazone groups is 1. The fourth-order valence-corrected chi connectivity index (χ4v) is 4.18. The van der Waals surface area contributed by atoms with Crippen molar-refractivity contribution in [2.45, 2.75) is 12.0 Å². The van der Waals surface area contributed by atoms with Crippen LogP contribution in [0, 0.1) is 0 Å². The van der Waals surface area contributed by atoms with E-state index in [1.165, 1.54) is 4.90 Å². The lowest BCUT2D eigenvalue weighted by Gasteiger charge is -2.29. The minimum absolute atomic E-state index is 0.213. The number of rotatable bonds is 4. The molecule has 1 saturated heterocycles. The number of nitrogens with zero attached hydrogens (tertiary/aromatic N) is 3. The molecule has 6 nitrogen and oxygen atoms in total. The van der Waals surface area contributed by atoms with E-state index in [0.717, 1.165) is 22.5 Å². The molecule has 0 radical (unpaired) electrons. The van der Waals surface area contributed by atoms with Gasteiger partial charge in [0.2, 0.25) is 0 Å². The molecule has 0 spiro atoms. The third-order valence-corrected chi connectivity index (χ3v) is 5.62. The number of para-hydroxylation sites is 1. The van der Waals surface area contributed by atoms with Crippen molar-refractivity contribution in [3.8, 4) is 0 Å². The fourth-order valence-electron chi connectivity index (χ4n) is 4.18. The molecule has 3 aromatic carbocycles.